The molecule has 2 heterocycles. The first-order chi connectivity index (χ1) is 14.5. The molecule has 1 saturated heterocycles. The van der Waals surface area contributed by atoms with Crippen molar-refractivity contribution in [3.05, 3.63) is 75.7 Å². The molecule has 4 rings (SSSR count). The zero-order chi connectivity index (χ0) is 21.1. The van der Waals surface area contributed by atoms with Crippen LogP contribution in [0.2, 0.25) is 0 Å². The third-order valence-corrected chi connectivity index (χ3v) is 5.97. The van der Waals surface area contributed by atoms with E-state index in [0.29, 0.717) is 29.3 Å². The van der Waals surface area contributed by atoms with Crippen molar-refractivity contribution in [2.75, 3.05) is 18.4 Å². The number of nitrogens with one attached hydrogen (secondary N) is 1. The van der Waals surface area contributed by atoms with Crippen LogP contribution >= 0.6 is 11.3 Å². The second-order valence-electron chi connectivity index (χ2n) is 7.00. The van der Waals surface area contributed by atoms with E-state index < -0.39 is 5.91 Å². The maximum atomic E-state index is 13.1. The Bertz CT molecular complexity index is 1050. The fourth-order valence-electron chi connectivity index (χ4n) is 3.35. The lowest BCUT2D eigenvalue weighted by atomic mass is 9.98. The van der Waals surface area contributed by atoms with Crippen LogP contribution in [0.25, 0.3) is 0 Å². The average molecular weight is 428 g/mol. The molecule has 1 atom stereocenters. The third-order valence-electron chi connectivity index (χ3n) is 4.89. The summed E-state index contributed by atoms with van der Waals surface area (Å²) >= 11 is 1.19. The van der Waals surface area contributed by atoms with E-state index in [1.54, 1.807) is 4.90 Å². The molecule has 0 radical (unpaired) electrons. The lowest BCUT2D eigenvalue weighted by Gasteiger charge is -2.31. The summed E-state index contributed by atoms with van der Waals surface area (Å²) in [6.45, 7) is 1.08. The van der Waals surface area contributed by atoms with Gasteiger partial charge in [0.2, 0.25) is 5.01 Å². The molecule has 0 spiro atoms. The van der Waals surface area contributed by atoms with Crippen LogP contribution in [0.3, 0.4) is 0 Å². The number of amides is 2. The number of benzene rings is 2. The number of hydrogen-bond donors (Lipinski definition) is 1. The minimum Gasteiger partial charge on any atom is -0.338 e. The van der Waals surface area contributed by atoms with Crippen LogP contribution in [0.5, 0.6) is 0 Å². The van der Waals surface area contributed by atoms with Gasteiger partial charge in [0.1, 0.15) is 16.6 Å². The Kier molecular flexibility index (Phi) is 5.80. The second kappa shape index (κ2) is 8.66. The highest BCUT2D eigenvalue weighted by atomic mass is 32.1. The third kappa shape index (κ3) is 4.51. The van der Waals surface area contributed by atoms with E-state index in [1.165, 1.54) is 59.9 Å². The van der Waals surface area contributed by atoms with Gasteiger partial charge >= 0.3 is 0 Å². The van der Waals surface area contributed by atoms with E-state index in [4.69, 9.17) is 0 Å². The van der Waals surface area contributed by atoms with Crippen molar-refractivity contribution < 1.29 is 18.4 Å². The minimum atomic E-state index is -0.416. The van der Waals surface area contributed by atoms with E-state index in [2.05, 4.69) is 15.5 Å². The molecule has 0 aliphatic carbocycles. The summed E-state index contributed by atoms with van der Waals surface area (Å²) in [6.07, 6.45) is 1.63. The van der Waals surface area contributed by atoms with Gasteiger partial charge in [-0.25, -0.2) is 8.78 Å². The molecular weight excluding hydrogens is 410 g/mol. The summed E-state index contributed by atoms with van der Waals surface area (Å²) in [4.78, 5) is 26.8. The van der Waals surface area contributed by atoms with Gasteiger partial charge in [-0.3, -0.25) is 9.59 Å². The second-order valence-corrected chi connectivity index (χ2v) is 8.01. The molecule has 1 unspecified atom stereocenters. The van der Waals surface area contributed by atoms with E-state index in [9.17, 15) is 18.4 Å². The summed E-state index contributed by atoms with van der Waals surface area (Å²) in [5.41, 5.74) is 0.903. The number of piperidine rings is 1. The predicted molar refractivity (Wildman–Crippen MR) is 109 cm³/mol. The highest BCUT2D eigenvalue weighted by molar-refractivity contribution is 7.13. The molecule has 6 nitrogen and oxygen atoms in total. The Balaban J connectivity index is 1.42. The Morgan fingerprint density at radius 1 is 1.00 bits per heavy atom. The zero-order valence-electron chi connectivity index (χ0n) is 15.8. The summed E-state index contributed by atoms with van der Waals surface area (Å²) in [5.74, 6) is -1.36. The van der Waals surface area contributed by atoms with Crippen LogP contribution in [0, 0.1) is 11.6 Å². The molecule has 1 aliphatic heterocycles. The van der Waals surface area contributed by atoms with Gasteiger partial charge in [-0.15, -0.1) is 10.2 Å². The first kappa shape index (κ1) is 20.1. The number of carbonyl (C=O) groups is 2. The van der Waals surface area contributed by atoms with Crippen molar-refractivity contribution in [1.29, 1.82) is 0 Å². The minimum absolute atomic E-state index is 0.0204. The fourth-order valence-corrected chi connectivity index (χ4v) is 4.21. The number of carbonyl (C=O) groups excluding carboxylic acids is 2. The molecule has 2 amide bonds. The van der Waals surface area contributed by atoms with Crippen LogP contribution in [-0.4, -0.2) is 40.0 Å². The monoisotopic (exact) mass is 428 g/mol. The molecular formula is C21H18F2N4O2S. The van der Waals surface area contributed by atoms with Gasteiger partial charge in [0.25, 0.3) is 11.8 Å². The summed E-state index contributed by atoms with van der Waals surface area (Å²) in [6, 6.07) is 10.9. The number of anilines is 1. The highest BCUT2D eigenvalue weighted by Gasteiger charge is 2.28. The van der Waals surface area contributed by atoms with Crippen molar-refractivity contribution >= 4 is 28.8 Å². The molecule has 0 bridgehead atoms. The number of hydrogen-bond acceptors (Lipinski definition) is 5. The maximum absolute atomic E-state index is 13.1. The summed E-state index contributed by atoms with van der Waals surface area (Å²) < 4.78 is 26.1. The molecule has 3 aromatic rings. The van der Waals surface area contributed by atoms with E-state index in [0.717, 1.165) is 12.8 Å². The van der Waals surface area contributed by atoms with Crippen molar-refractivity contribution in [2.24, 2.45) is 0 Å². The van der Waals surface area contributed by atoms with Gasteiger partial charge < -0.3 is 10.2 Å². The van der Waals surface area contributed by atoms with Crippen molar-refractivity contribution in [3.8, 4) is 0 Å². The normalized spacial score (nSPS) is 16.3. The van der Waals surface area contributed by atoms with Gasteiger partial charge in [0.15, 0.2) is 0 Å². The quantitative estimate of drug-likeness (QED) is 0.679. The largest absolute Gasteiger partial charge is 0.338 e. The van der Waals surface area contributed by atoms with E-state index in [-0.39, 0.29) is 28.5 Å². The lowest BCUT2D eigenvalue weighted by Crippen LogP contribution is -2.39. The summed E-state index contributed by atoms with van der Waals surface area (Å²) in [7, 11) is 0. The van der Waals surface area contributed by atoms with Crippen LogP contribution in [0.1, 0.15) is 43.9 Å². The molecule has 154 valence electrons. The van der Waals surface area contributed by atoms with E-state index in [1.807, 2.05) is 0 Å². The number of aromatic nitrogens is 2. The van der Waals surface area contributed by atoms with Gasteiger partial charge in [-0.2, -0.15) is 0 Å². The predicted octanol–water partition coefficient (Wildman–Crippen LogP) is 4.09. The Morgan fingerprint density at radius 2 is 1.67 bits per heavy atom. The highest BCUT2D eigenvalue weighted by Crippen LogP contribution is 2.30. The first-order valence-corrected chi connectivity index (χ1v) is 10.3. The van der Waals surface area contributed by atoms with E-state index >= 15 is 0 Å². The molecule has 1 aliphatic rings. The number of nitrogens with zero attached hydrogens (tertiary/aromatic N) is 3. The fraction of sp³-hybridized carbons (Fsp3) is 0.238. The molecule has 2 aromatic carbocycles. The first-order valence-electron chi connectivity index (χ1n) is 9.45. The molecule has 9 heteroatoms. The lowest BCUT2D eigenvalue weighted by molar-refractivity contribution is 0.0706. The molecule has 0 saturated carbocycles. The van der Waals surface area contributed by atoms with Gasteiger partial charge in [-0.05, 0) is 61.4 Å². The van der Waals surface area contributed by atoms with Crippen LogP contribution < -0.4 is 5.32 Å². The Labute approximate surface area is 175 Å². The molecule has 1 fully saturated rings. The van der Waals surface area contributed by atoms with Crippen molar-refractivity contribution in [2.45, 2.75) is 18.8 Å². The van der Waals surface area contributed by atoms with Crippen molar-refractivity contribution in [1.82, 2.24) is 15.1 Å². The molecule has 30 heavy (non-hydrogen) atoms. The van der Waals surface area contributed by atoms with Gasteiger partial charge in [0, 0.05) is 30.3 Å². The van der Waals surface area contributed by atoms with Crippen LogP contribution in [0.15, 0.2) is 48.5 Å². The average Bonchev–Trinajstić information content (AvgIpc) is 3.26. The number of rotatable bonds is 4. The smallest absolute Gasteiger partial charge is 0.286 e. The number of likely N-dealkylation sites (tertiary alicyclic amines) is 1. The van der Waals surface area contributed by atoms with Crippen LogP contribution in [-0.2, 0) is 0 Å². The Morgan fingerprint density at radius 3 is 2.37 bits per heavy atom. The van der Waals surface area contributed by atoms with Gasteiger partial charge in [-0.1, -0.05) is 11.3 Å². The maximum Gasteiger partial charge on any atom is 0.286 e. The standard InChI is InChI=1S/C21H18F2N4O2S/c22-15-5-3-13(4-6-15)21(29)27-11-1-2-14(12-27)19-25-26-20(30-19)18(28)24-17-9-7-16(23)8-10-17/h3-10,14H,1-2,11-12H2,(H,24,28). The molecule has 1 N–H and O–H groups in total. The topological polar surface area (TPSA) is 75.2 Å². The van der Waals surface area contributed by atoms with Crippen molar-refractivity contribution in [3.63, 3.8) is 0 Å². The number of halogens is 2. The SMILES string of the molecule is O=C(Nc1ccc(F)cc1)c1nnc(C2CCCN(C(=O)c3ccc(F)cc3)C2)s1. The Hall–Kier alpha value is -3.20. The summed E-state index contributed by atoms with van der Waals surface area (Å²) in [5, 5.41) is 11.7. The van der Waals surface area contributed by atoms with Crippen LogP contribution in [0.4, 0.5) is 14.5 Å². The van der Waals surface area contributed by atoms with Gasteiger partial charge in [0.05, 0.1) is 0 Å². The molecule has 1 aromatic heterocycles. The zero-order valence-corrected chi connectivity index (χ0v) is 16.7.